The van der Waals surface area contributed by atoms with Gasteiger partial charge < -0.3 is 30.8 Å². The van der Waals surface area contributed by atoms with Crippen molar-refractivity contribution >= 4 is 51.7 Å². The maximum Gasteiger partial charge on any atom is 0.407 e. The van der Waals surface area contributed by atoms with Crippen molar-refractivity contribution in [1.82, 2.24) is 26.3 Å². The lowest BCUT2D eigenvalue weighted by Gasteiger charge is -2.24. The molecule has 0 bridgehead atoms. The highest BCUT2D eigenvalue weighted by Gasteiger charge is 2.39. The first-order valence-corrected chi connectivity index (χ1v) is 15.0. The molecule has 1 aliphatic heterocycles. The summed E-state index contributed by atoms with van der Waals surface area (Å²) in [6.07, 6.45) is -2.58. The molecule has 0 saturated carbocycles. The molecule has 0 radical (unpaired) electrons. The zero-order valence-corrected chi connectivity index (χ0v) is 25.9. The van der Waals surface area contributed by atoms with Gasteiger partial charge in [0.15, 0.2) is 5.25 Å². The topological polar surface area (TPSA) is 244 Å². The van der Waals surface area contributed by atoms with Crippen LogP contribution < -0.4 is 21.3 Å². The first kappa shape index (κ1) is 37.2. The quantitative estimate of drug-likeness (QED) is 0.0841. The van der Waals surface area contributed by atoms with Crippen LogP contribution in [0.4, 0.5) is 4.79 Å². The molecule has 1 aliphatic rings. The number of amides is 6. The molecule has 0 aromatic rings. The van der Waals surface area contributed by atoms with Gasteiger partial charge in [-0.2, -0.15) is 8.42 Å². The van der Waals surface area contributed by atoms with E-state index in [1.54, 1.807) is 13.8 Å². The Kier molecular flexibility index (Phi) is 14.0. The Balaban J connectivity index is 2.62. The number of nitrogens with one attached hydrogen (secondary N) is 4. The highest BCUT2D eigenvalue weighted by molar-refractivity contribution is 7.87. The van der Waals surface area contributed by atoms with E-state index in [4.69, 9.17) is 4.74 Å². The number of rotatable bonds is 15. The fraction of sp³-hybridized carbons (Fsp3) is 0.720. The predicted molar refractivity (Wildman–Crippen MR) is 148 cm³/mol. The molecule has 43 heavy (non-hydrogen) atoms. The highest BCUT2D eigenvalue weighted by atomic mass is 32.2. The van der Waals surface area contributed by atoms with Crippen LogP contribution in [0.25, 0.3) is 0 Å². The van der Waals surface area contributed by atoms with E-state index in [-0.39, 0.29) is 43.0 Å². The van der Waals surface area contributed by atoms with Gasteiger partial charge in [0.05, 0.1) is 6.61 Å². The van der Waals surface area contributed by atoms with E-state index in [1.165, 1.54) is 6.92 Å². The molecular weight excluding hydrogens is 594 g/mol. The van der Waals surface area contributed by atoms with E-state index in [2.05, 4.69) is 26.1 Å². The molecule has 1 heterocycles. The number of hydroxylamine groups is 2. The third-order valence-corrected chi connectivity index (χ3v) is 6.94. The van der Waals surface area contributed by atoms with Crippen LogP contribution >= 0.6 is 0 Å². The molecule has 0 aromatic carbocycles. The van der Waals surface area contributed by atoms with Crippen molar-refractivity contribution < 1.29 is 56.1 Å². The number of nitrogens with zero attached hydrogens (tertiary/aromatic N) is 1. The van der Waals surface area contributed by atoms with Gasteiger partial charge in [-0.1, -0.05) is 34.6 Å². The number of alkyl carbamates (subject to hydrolysis) is 1. The number of imide groups is 1. The molecule has 0 aliphatic carbocycles. The molecular formula is C25H41N5O12S. The molecule has 18 heteroatoms. The van der Waals surface area contributed by atoms with Crippen molar-refractivity contribution in [2.75, 3.05) is 19.7 Å². The lowest BCUT2D eigenvalue weighted by molar-refractivity contribution is -0.197. The smallest absolute Gasteiger partial charge is 0.407 e. The summed E-state index contributed by atoms with van der Waals surface area (Å²) in [7, 11) is -5.10. The lowest BCUT2D eigenvalue weighted by atomic mass is 9.99. The molecule has 17 nitrogen and oxygen atoms in total. The minimum Gasteiger partial charge on any atom is -0.449 e. The average Bonchev–Trinajstić information content (AvgIpc) is 3.18. The van der Waals surface area contributed by atoms with Crippen LogP contribution in [0.2, 0.25) is 0 Å². The summed E-state index contributed by atoms with van der Waals surface area (Å²) in [6, 6.07) is -2.20. The maximum atomic E-state index is 12.8. The van der Waals surface area contributed by atoms with E-state index in [0.29, 0.717) is 0 Å². The fourth-order valence-electron chi connectivity index (χ4n) is 3.44. The van der Waals surface area contributed by atoms with Crippen molar-refractivity contribution in [3.63, 3.8) is 0 Å². The summed E-state index contributed by atoms with van der Waals surface area (Å²) in [5.41, 5.74) is -0.207. The Labute approximate surface area is 249 Å². The third kappa shape index (κ3) is 13.4. The SMILES string of the molecule is CC(C)C(NC(=O)CCC(C(=O)ON1C(=O)CCC1=O)S(=O)(=O)O)C(=O)N[C@@H](C)C(=O)NCCNC(=O)OCC(C)(C)C. The van der Waals surface area contributed by atoms with Crippen LogP contribution in [0, 0.1) is 11.3 Å². The van der Waals surface area contributed by atoms with E-state index in [1.807, 2.05) is 20.8 Å². The van der Waals surface area contributed by atoms with Gasteiger partial charge in [-0.05, 0) is 24.7 Å². The van der Waals surface area contributed by atoms with E-state index in [0.717, 1.165) is 0 Å². The second-order valence-electron chi connectivity index (χ2n) is 11.4. The molecule has 0 spiro atoms. The molecule has 1 rings (SSSR count). The van der Waals surface area contributed by atoms with Gasteiger partial charge in [0.1, 0.15) is 12.1 Å². The Morgan fingerprint density at radius 1 is 0.930 bits per heavy atom. The van der Waals surface area contributed by atoms with Crippen molar-refractivity contribution in [1.29, 1.82) is 0 Å². The molecule has 244 valence electrons. The minimum absolute atomic E-state index is 0.0471. The largest absolute Gasteiger partial charge is 0.449 e. The van der Waals surface area contributed by atoms with Crippen molar-refractivity contribution in [2.24, 2.45) is 11.3 Å². The number of ether oxygens (including phenoxy) is 1. The summed E-state index contributed by atoms with van der Waals surface area (Å²) in [5, 5.41) is 7.67. The molecule has 1 saturated heterocycles. The van der Waals surface area contributed by atoms with Gasteiger partial charge >= 0.3 is 12.1 Å². The summed E-state index contributed by atoms with van der Waals surface area (Å²) >= 11 is 0. The number of hydrogen-bond donors (Lipinski definition) is 5. The third-order valence-electron chi connectivity index (χ3n) is 5.79. The van der Waals surface area contributed by atoms with Gasteiger partial charge in [-0.25, -0.2) is 9.59 Å². The molecule has 3 atom stereocenters. The molecule has 1 fully saturated rings. The molecule has 0 aromatic heterocycles. The van der Waals surface area contributed by atoms with Crippen molar-refractivity contribution in [3.8, 4) is 0 Å². The Bertz CT molecular complexity index is 1170. The summed E-state index contributed by atoms with van der Waals surface area (Å²) in [6.45, 7) is 10.6. The summed E-state index contributed by atoms with van der Waals surface area (Å²) in [5.74, 6) is -6.03. The first-order chi connectivity index (χ1) is 19.7. The summed E-state index contributed by atoms with van der Waals surface area (Å²) < 4.78 is 38.0. The van der Waals surface area contributed by atoms with E-state index < -0.39 is 87.8 Å². The predicted octanol–water partition coefficient (Wildman–Crippen LogP) is -0.836. The van der Waals surface area contributed by atoms with Crippen LogP contribution in [0.3, 0.4) is 0 Å². The molecule has 6 amide bonds. The normalized spacial score (nSPS) is 15.8. The minimum atomic E-state index is -5.10. The van der Waals surface area contributed by atoms with Crippen LogP contribution in [-0.4, -0.2) is 96.7 Å². The zero-order chi connectivity index (χ0) is 33.1. The summed E-state index contributed by atoms with van der Waals surface area (Å²) in [4.78, 5) is 89.5. The van der Waals surface area contributed by atoms with Crippen LogP contribution in [0.5, 0.6) is 0 Å². The zero-order valence-electron chi connectivity index (χ0n) is 25.1. The van der Waals surface area contributed by atoms with Gasteiger partial charge in [-0.3, -0.25) is 28.5 Å². The monoisotopic (exact) mass is 635 g/mol. The van der Waals surface area contributed by atoms with Gasteiger partial charge in [0, 0.05) is 32.4 Å². The fourth-order valence-corrected chi connectivity index (χ4v) is 4.14. The second-order valence-corrected chi connectivity index (χ2v) is 13.0. The standard InChI is InChI=1S/C25H41N5O12S/c1-14(2)20(22(35)28-15(3)21(34)26-11-12-27-24(37)41-13-25(4,5)6)29-17(31)8-7-16(43(38,39)40)23(36)42-30-18(32)9-10-19(30)33/h14-16,20H,7-13H2,1-6H3,(H,26,34)(H,27,37)(H,28,35)(H,29,31)(H,38,39,40)/t15-,16?,20?/m0/s1. The molecule has 2 unspecified atom stereocenters. The number of carbonyl (C=O) groups is 7. The lowest BCUT2D eigenvalue weighted by Crippen LogP contribution is -2.55. The van der Waals surface area contributed by atoms with Gasteiger partial charge in [0.2, 0.25) is 17.7 Å². The van der Waals surface area contributed by atoms with E-state index in [9.17, 15) is 46.5 Å². The van der Waals surface area contributed by atoms with Gasteiger partial charge in [0.25, 0.3) is 21.9 Å². The number of hydrogen-bond acceptors (Lipinski definition) is 11. The van der Waals surface area contributed by atoms with Crippen molar-refractivity contribution in [2.45, 2.75) is 84.6 Å². The van der Waals surface area contributed by atoms with Crippen LogP contribution in [0.1, 0.15) is 67.2 Å². The first-order valence-electron chi connectivity index (χ1n) is 13.5. The Hall–Kier alpha value is -3.80. The van der Waals surface area contributed by atoms with E-state index >= 15 is 0 Å². The maximum absolute atomic E-state index is 12.8. The van der Waals surface area contributed by atoms with Gasteiger partial charge in [-0.15, -0.1) is 5.06 Å². The highest BCUT2D eigenvalue weighted by Crippen LogP contribution is 2.17. The second kappa shape index (κ2) is 16.2. The van der Waals surface area contributed by atoms with Crippen LogP contribution in [-0.2, 0) is 48.5 Å². The Morgan fingerprint density at radius 2 is 1.49 bits per heavy atom. The van der Waals surface area contributed by atoms with Crippen LogP contribution in [0.15, 0.2) is 0 Å². The average molecular weight is 636 g/mol. The Morgan fingerprint density at radius 3 is 2.00 bits per heavy atom. The molecule has 5 N–H and O–H groups in total. The van der Waals surface area contributed by atoms with Crippen molar-refractivity contribution in [3.05, 3.63) is 0 Å². The number of carbonyl (C=O) groups excluding carboxylic acids is 7.